The van der Waals surface area contributed by atoms with Crippen molar-refractivity contribution in [2.45, 2.75) is 39.0 Å². The van der Waals surface area contributed by atoms with E-state index in [1.54, 1.807) is 28.6 Å². The van der Waals surface area contributed by atoms with Crippen LogP contribution in [0.1, 0.15) is 44.5 Å². The summed E-state index contributed by atoms with van der Waals surface area (Å²) in [5, 5.41) is 2.88. The molecule has 1 fully saturated rings. The number of anilines is 1. The number of rotatable bonds is 10. The van der Waals surface area contributed by atoms with E-state index >= 15 is 0 Å². The monoisotopic (exact) mass is 487 g/mol. The number of piperidine rings is 1. The topological polar surface area (TPSA) is 79.0 Å². The maximum Gasteiger partial charge on any atom is 0.255 e. The Kier molecular flexibility index (Phi) is 9.10. The molecule has 1 saturated heterocycles. The second-order valence-corrected chi connectivity index (χ2v) is 11.1. The Hall–Kier alpha value is -2.42. The zero-order valence-corrected chi connectivity index (χ0v) is 21.5. The van der Waals surface area contributed by atoms with Crippen molar-refractivity contribution >= 4 is 21.6 Å². The van der Waals surface area contributed by atoms with Crippen molar-refractivity contribution in [1.29, 1.82) is 0 Å². The van der Waals surface area contributed by atoms with Crippen LogP contribution in [0.15, 0.2) is 53.4 Å². The molecular formula is C26H37N3O4S. The zero-order valence-electron chi connectivity index (χ0n) is 20.7. The number of amides is 1. The average molecular weight is 488 g/mol. The van der Waals surface area contributed by atoms with E-state index in [1.807, 2.05) is 18.2 Å². The quantitative estimate of drug-likeness (QED) is 0.540. The van der Waals surface area contributed by atoms with E-state index in [4.69, 9.17) is 4.74 Å². The van der Waals surface area contributed by atoms with E-state index in [2.05, 4.69) is 37.9 Å². The molecule has 1 N–H and O–H groups in total. The summed E-state index contributed by atoms with van der Waals surface area (Å²) in [7, 11) is -3.67. The number of nitrogens with zero attached hydrogens (tertiary/aromatic N) is 2. The molecule has 1 heterocycles. The molecule has 0 spiro atoms. The SMILES string of the molecule is CCN(CC)CCOc1ccccc1NC(=O)c1cccc(S(=O)(=O)N2CC(C)CC(C)C2)c1. The van der Waals surface area contributed by atoms with Crippen molar-refractivity contribution in [2.75, 3.05) is 44.6 Å². The maximum atomic E-state index is 13.3. The van der Waals surface area contributed by atoms with Gasteiger partial charge in [-0.05, 0) is 61.7 Å². The van der Waals surface area contributed by atoms with E-state index in [1.165, 1.54) is 6.07 Å². The lowest BCUT2D eigenvalue weighted by Gasteiger charge is -2.34. The summed E-state index contributed by atoms with van der Waals surface area (Å²) in [5.74, 6) is 0.826. The van der Waals surface area contributed by atoms with Crippen molar-refractivity contribution < 1.29 is 17.9 Å². The number of sulfonamides is 1. The molecule has 0 radical (unpaired) electrons. The molecule has 8 heteroatoms. The summed E-state index contributed by atoms with van der Waals surface area (Å²) in [6.45, 7) is 12.6. The molecule has 0 saturated carbocycles. The van der Waals surface area contributed by atoms with Gasteiger partial charge in [0.05, 0.1) is 10.6 Å². The van der Waals surface area contributed by atoms with Gasteiger partial charge in [-0.2, -0.15) is 4.31 Å². The summed E-state index contributed by atoms with van der Waals surface area (Å²) in [6.07, 6.45) is 1.02. The molecular weight excluding hydrogens is 450 g/mol. The van der Waals surface area contributed by atoms with Gasteiger partial charge in [0.1, 0.15) is 12.4 Å². The third-order valence-corrected chi connectivity index (χ3v) is 8.09. The summed E-state index contributed by atoms with van der Waals surface area (Å²) >= 11 is 0. The van der Waals surface area contributed by atoms with Crippen LogP contribution in [-0.4, -0.2) is 62.9 Å². The number of hydrogen-bond acceptors (Lipinski definition) is 5. The number of carbonyl (C=O) groups excluding carboxylic acids is 1. The standard InChI is InChI=1S/C26H37N3O4S/c1-5-28(6-2)14-15-33-25-13-8-7-12-24(25)27-26(30)22-10-9-11-23(17-22)34(31,32)29-18-20(3)16-21(4)19-29/h7-13,17,20-21H,5-6,14-16,18-19H2,1-4H3,(H,27,30). The Morgan fingerprint density at radius 2 is 1.74 bits per heavy atom. The zero-order chi connectivity index (χ0) is 24.7. The van der Waals surface area contributed by atoms with Crippen LogP contribution in [-0.2, 0) is 10.0 Å². The molecule has 2 aromatic rings. The summed E-state index contributed by atoms with van der Waals surface area (Å²) < 4.78 is 34.0. The second-order valence-electron chi connectivity index (χ2n) is 9.12. The van der Waals surface area contributed by atoms with Gasteiger partial charge in [0, 0.05) is 25.2 Å². The van der Waals surface area contributed by atoms with Crippen LogP contribution in [0.2, 0.25) is 0 Å². The Balaban J connectivity index is 1.73. The smallest absolute Gasteiger partial charge is 0.255 e. The minimum atomic E-state index is -3.67. The highest BCUT2D eigenvalue weighted by molar-refractivity contribution is 7.89. The molecule has 0 bridgehead atoms. The number of nitrogens with one attached hydrogen (secondary N) is 1. The van der Waals surface area contributed by atoms with Gasteiger partial charge in [0.15, 0.2) is 0 Å². The molecule has 1 aliphatic rings. The third-order valence-electron chi connectivity index (χ3n) is 6.26. The van der Waals surface area contributed by atoms with Gasteiger partial charge in [0.2, 0.25) is 10.0 Å². The molecule has 3 rings (SSSR count). The molecule has 0 aliphatic carbocycles. The van der Waals surface area contributed by atoms with E-state index in [9.17, 15) is 13.2 Å². The van der Waals surface area contributed by atoms with E-state index in [-0.39, 0.29) is 16.4 Å². The molecule has 1 amide bonds. The van der Waals surface area contributed by atoms with Crippen LogP contribution in [0.3, 0.4) is 0 Å². The molecule has 7 nitrogen and oxygen atoms in total. The lowest BCUT2D eigenvalue weighted by atomic mass is 9.94. The van der Waals surface area contributed by atoms with Gasteiger partial charge < -0.3 is 15.0 Å². The fourth-order valence-corrected chi connectivity index (χ4v) is 6.19. The van der Waals surface area contributed by atoms with Gasteiger partial charge in [-0.25, -0.2) is 8.42 Å². The van der Waals surface area contributed by atoms with Gasteiger partial charge >= 0.3 is 0 Å². The summed E-state index contributed by atoms with van der Waals surface area (Å²) in [4.78, 5) is 15.4. The lowest BCUT2D eigenvalue weighted by molar-refractivity contribution is 0.102. The van der Waals surface area contributed by atoms with Crippen molar-refractivity contribution in [1.82, 2.24) is 9.21 Å². The lowest BCUT2D eigenvalue weighted by Crippen LogP contribution is -2.42. The summed E-state index contributed by atoms with van der Waals surface area (Å²) in [6, 6.07) is 13.5. The number of hydrogen-bond donors (Lipinski definition) is 1. The van der Waals surface area contributed by atoms with Gasteiger partial charge in [-0.3, -0.25) is 4.79 Å². The first-order valence-corrected chi connectivity index (χ1v) is 13.5. The van der Waals surface area contributed by atoms with Crippen molar-refractivity contribution in [3.05, 3.63) is 54.1 Å². The molecule has 186 valence electrons. The largest absolute Gasteiger partial charge is 0.490 e. The van der Waals surface area contributed by atoms with Crippen LogP contribution in [0.4, 0.5) is 5.69 Å². The van der Waals surface area contributed by atoms with E-state index in [0.29, 0.717) is 43.0 Å². The average Bonchev–Trinajstić information content (AvgIpc) is 2.82. The Morgan fingerprint density at radius 3 is 2.41 bits per heavy atom. The minimum Gasteiger partial charge on any atom is -0.490 e. The van der Waals surface area contributed by atoms with Gasteiger partial charge in [-0.1, -0.05) is 45.9 Å². The van der Waals surface area contributed by atoms with Crippen molar-refractivity contribution in [3.63, 3.8) is 0 Å². The minimum absolute atomic E-state index is 0.144. The Morgan fingerprint density at radius 1 is 1.06 bits per heavy atom. The van der Waals surface area contributed by atoms with E-state index in [0.717, 1.165) is 26.1 Å². The molecule has 2 aromatic carbocycles. The fraction of sp³-hybridized carbons (Fsp3) is 0.500. The number of para-hydroxylation sites is 2. The first-order valence-electron chi connectivity index (χ1n) is 12.1. The predicted molar refractivity (Wildman–Crippen MR) is 136 cm³/mol. The highest BCUT2D eigenvalue weighted by Crippen LogP contribution is 2.28. The Labute approximate surface area is 204 Å². The van der Waals surface area contributed by atoms with Gasteiger partial charge in [-0.15, -0.1) is 0 Å². The van der Waals surface area contributed by atoms with Crippen LogP contribution in [0.5, 0.6) is 5.75 Å². The number of carbonyl (C=O) groups is 1. The van der Waals surface area contributed by atoms with Gasteiger partial charge in [0.25, 0.3) is 5.91 Å². The molecule has 34 heavy (non-hydrogen) atoms. The number of benzene rings is 2. The number of likely N-dealkylation sites (N-methyl/N-ethyl adjacent to an activating group) is 1. The third kappa shape index (κ3) is 6.58. The second kappa shape index (κ2) is 11.8. The van der Waals surface area contributed by atoms with Crippen LogP contribution >= 0.6 is 0 Å². The van der Waals surface area contributed by atoms with Crippen LogP contribution in [0.25, 0.3) is 0 Å². The summed E-state index contributed by atoms with van der Waals surface area (Å²) in [5.41, 5.74) is 0.844. The molecule has 2 atom stereocenters. The van der Waals surface area contributed by atoms with Crippen molar-refractivity contribution in [2.24, 2.45) is 11.8 Å². The molecule has 2 unspecified atom stereocenters. The Bertz CT molecular complexity index is 1060. The highest BCUT2D eigenvalue weighted by atomic mass is 32.2. The number of ether oxygens (including phenoxy) is 1. The van der Waals surface area contributed by atoms with Crippen molar-refractivity contribution in [3.8, 4) is 5.75 Å². The molecule has 1 aliphatic heterocycles. The fourth-order valence-electron chi connectivity index (χ4n) is 4.46. The first-order chi connectivity index (χ1) is 16.2. The molecule has 0 aromatic heterocycles. The predicted octanol–water partition coefficient (Wildman–Crippen LogP) is 4.33. The van der Waals surface area contributed by atoms with E-state index < -0.39 is 10.0 Å². The highest BCUT2D eigenvalue weighted by Gasteiger charge is 2.32. The first kappa shape index (κ1) is 26.2. The van der Waals surface area contributed by atoms with Crippen LogP contribution < -0.4 is 10.1 Å². The maximum absolute atomic E-state index is 13.3. The normalized spacial score (nSPS) is 19.2. The van der Waals surface area contributed by atoms with Crippen LogP contribution in [0, 0.1) is 11.8 Å².